The predicted octanol–water partition coefficient (Wildman–Crippen LogP) is 1.77. The number of nitrogens with one attached hydrogen (secondary N) is 1. The highest BCUT2D eigenvalue weighted by Crippen LogP contribution is 2.33. The lowest BCUT2D eigenvalue weighted by Crippen LogP contribution is -2.38. The molecule has 1 saturated heterocycles. The van der Waals surface area contributed by atoms with Gasteiger partial charge in [-0.05, 0) is 17.2 Å². The Morgan fingerprint density at radius 2 is 2.00 bits per heavy atom. The summed E-state index contributed by atoms with van der Waals surface area (Å²) >= 11 is 0. The van der Waals surface area contributed by atoms with Crippen molar-refractivity contribution in [3.05, 3.63) is 59.3 Å². The van der Waals surface area contributed by atoms with Gasteiger partial charge in [0, 0.05) is 31.4 Å². The Labute approximate surface area is 186 Å². The molecule has 8 heteroatoms. The molecule has 2 atom stereocenters. The molecule has 2 N–H and O–H groups in total. The Balaban J connectivity index is 1.44. The van der Waals surface area contributed by atoms with E-state index in [0.717, 1.165) is 54.9 Å². The molecule has 168 valence electrons. The highest BCUT2D eigenvalue weighted by molar-refractivity contribution is 6.06. The largest absolute Gasteiger partial charge is 0.494 e. The summed E-state index contributed by atoms with van der Waals surface area (Å²) in [5, 5.41) is 19.0. The molecule has 5 rings (SSSR count). The number of methoxy groups -OCH3 is 1. The van der Waals surface area contributed by atoms with Crippen LogP contribution in [0, 0.1) is 0 Å². The molecule has 2 aromatic carbocycles. The van der Waals surface area contributed by atoms with Gasteiger partial charge in [0.1, 0.15) is 11.3 Å². The first-order valence-corrected chi connectivity index (χ1v) is 11.1. The van der Waals surface area contributed by atoms with Crippen molar-refractivity contribution < 1.29 is 19.4 Å². The predicted molar refractivity (Wildman–Crippen MR) is 120 cm³/mol. The number of fused-ring (bicyclic) bond motifs is 2. The van der Waals surface area contributed by atoms with Crippen LogP contribution in [0.5, 0.6) is 5.75 Å². The zero-order valence-corrected chi connectivity index (χ0v) is 18.2. The van der Waals surface area contributed by atoms with Crippen LogP contribution in [0.25, 0.3) is 10.9 Å². The molecular formula is C24H28N4O4. The minimum atomic E-state index is -0.652. The number of nitrogens with zero attached hydrogens (tertiary/aromatic N) is 3. The van der Waals surface area contributed by atoms with Crippen molar-refractivity contribution in [1.82, 2.24) is 20.0 Å². The molecule has 2 aliphatic rings. The molecule has 0 radical (unpaired) electrons. The van der Waals surface area contributed by atoms with Gasteiger partial charge in [0.15, 0.2) is 5.69 Å². The van der Waals surface area contributed by atoms with Crippen molar-refractivity contribution in [2.45, 2.75) is 25.1 Å². The van der Waals surface area contributed by atoms with E-state index >= 15 is 0 Å². The highest BCUT2D eigenvalue weighted by Gasteiger charge is 2.33. The quantitative estimate of drug-likeness (QED) is 0.612. The maximum atomic E-state index is 13.3. The van der Waals surface area contributed by atoms with Crippen LogP contribution in [-0.4, -0.2) is 71.8 Å². The minimum Gasteiger partial charge on any atom is -0.494 e. The number of carbonyl (C=O) groups is 1. The molecule has 8 nitrogen and oxygen atoms in total. The number of amides is 1. The summed E-state index contributed by atoms with van der Waals surface area (Å²) in [6, 6.07) is 13.0. The first-order valence-electron chi connectivity index (χ1n) is 11.1. The van der Waals surface area contributed by atoms with Crippen LogP contribution in [0.1, 0.15) is 27.7 Å². The van der Waals surface area contributed by atoms with Crippen LogP contribution < -0.4 is 10.1 Å². The van der Waals surface area contributed by atoms with Gasteiger partial charge in [-0.2, -0.15) is 5.10 Å². The van der Waals surface area contributed by atoms with Crippen LogP contribution in [0.3, 0.4) is 0 Å². The van der Waals surface area contributed by atoms with Crippen molar-refractivity contribution in [3.63, 3.8) is 0 Å². The van der Waals surface area contributed by atoms with Gasteiger partial charge in [-0.1, -0.05) is 36.4 Å². The van der Waals surface area contributed by atoms with Crippen molar-refractivity contribution in [2.24, 2.45) is 0 Å². The molecule has 1 aliphatic carbocycles. The van der Waals surface area contributed by atoms with Crippen LogP contribution in [-0.2, 0) is 17.7 Å². The average Bonchev–Trinajstić information content (AvgIpc) is 3.36. The van der Waals surface area contributed by atoms with Gasteiger partial charge in [-0.15, -0.1) is 0 Å². The molecule has 0 saturated carbocycles. The van der Waals surface area contributed by atoms with Crippen LogP contribution in [0.15, 0.2) is 42.5 Å². The summed E-state index contributed by atoms with van der Waals surface area (Å²) in [4.78, 5) is 15.7. The van der Waals surface area contributed by atoms with Gasteiger partial charge < -0.3 is 19.9 Å². The average molecular weight is 437 g/mol. The number of para-hydroxylation sites is 1. The number of benzene rings is 2. The summed E-state index contributed by atoms with van der Waals surface area (Å²) in [6.07, 6.45) is -0.121. The fourth-order valence-electron chi connectivity index (χ4n) is 4.72. The standard InChI is InChI=1S/C24H28N4O4/c1-31-20-8-4-7-18-22(26-28(23(18)20)10-9-27-11-13-32-14-12-27)24(30)25-21-17-6-3-2-5-16(17)15-19(21)29/h2-8,19,21,29H,9-15H2,1H3,(H,25,30). The van der Waals surface area contributed by atoms with Crippen LogP contribution >= 0.6 is 0 Å². The number of rotatable bonds is 6. The Morgan fingerprint density at radius 3 is 2.81 bits per heavy atom. The topological polar surface area (TPSA) is 88.8 Å². The number of hydrogen-bond acceptors (Lipinski definition) is 6. The fourth-order valence-corrected chi connectivity index (χ4v) is 4.72. The van der Waals surface area contributed by atoms with Gasteiger partial charge in [-0.25, -0.2) is 0 Å². The van der Waals surface area contributed by atoms with E-state index in [2.05, 4.69) is 10.2 Å². The number of carbonyl (C=O) groups excluding carboxylic acids is 1. The molecule has 1 amide bonds. The maximum Gasteiger partial charge on any atom is 0.273 e. The first-order chi connectivity index (χ1) is 15.7. The van der Waals surface area contributed by atoms with Gasteiger partial charge in [0.05, 0.1) is 39.0 Å². The zero-order chi connectivity index (χ0) is 22.1. The summed E-state index contributed by atoms with van der Waals surface area (Å²) in [6.45, 7) is 4.71. The highest BCUT2D eigenvalue weighted by atomic mass is 16.5. The summed E-state index contributed by atoms with van der Waals surface area (Å²) in [7, 11) is 1.62. The molecule has 1 fully saturated rings. The Hall–Kier alpha value is -2.94. The number of aromatic nitrogens is 2. The fraction of sp³-hybridized carbons (Fsp3) is 0.417. The second-order valence-electron chi connectivity index (χ2n) is 8.30. The molecule has 1 aromatic heterocycles. The van der Waals surface area contributed by atoms with E-state index in [9.17, 15) is 9.90 Å². The number of aliphatic hydroxyl groups is 1. The Morgan fingerprint density at radius 1 is 1.19 bits per heavy atom. The lowest BCUT2D eigenvalue weighted by Gasteiger charge is -2.26. The van der Waals surface area contributed by atoms with E-state index in [0.29, 0.717) is 24.4 Å². The van der Waals surface area contributed by atoms with Crippen molar-refractivity contribution >= 4 is 16.8 Å². The molecule has 1 aliphatic heterocycles. The van der Waals surface area contributed by atoms with Crippen LogP contribution in [0.2, 0.25) is 0 Å². The third-order valence-corrected chi connectivity index (χ3v) is 6.39. The van der Waals surface area contributed by atoms with E-state index in [4.69, 9.17) is 14.6 Å². The van der Waals surface area contributed by atoms with E-state index in [1.165, 1.54) is 0 Å². The Kier molecular flexibility index (Phi) is 5.82. The third kappa shape index (κ3) is 3.85. The molecule has 0 spiro atoms. The van der Waals surface area contributed by atoms with E-state index in [-0.39, 0.29) is 5.91 Å². The van der Waals surface area contributed by atoms with Crippen molar-refractivity contribution in [3.8, 4) is 5.75 Å². The summed E-state index contributed by atoms with van der Waals surface area (Å²) < 4.78 is 12.9. The van der Waals surface area contributed by atoms with Gasteiger partial charge in [-0.3, -0.25) is 14.4 Å². The lowest BCUT2D eigenvalue weighted by molar-refractivity contribution is 0.0361. The van der Waals surface area contributed by atoms with Gasteiger partial charge in [0.2, 0.25) is 0 Å². The summed E-state index contributed by atoms with van der Waals surface area (Å²) in [5.74, 6) is 0.386. The smallest absolute Gasteiger partial charge is 0.273 e. The van der Waals surface area contributed by atoms with Crippen molar-refractivity contribution in [1.29, 1.82) is 0 Å². The molecular weight excluding hydrogens is 408 g/mol. The SMILES string of the molecule is COc1cccc2c(C(=O)NC3c4ccccc4CC3O)nn(CCN3CCOCC3)c12. The normalized spacial score (nSPS) is 20.9. The number of morpholine rings is 1. The molecule has 3 aromatic rings. The van der Waals surface area contributed by atoms with Crippen molar-refractivity contribution in [2.75, 3.05) is 40.0 Å². The third-order valence-electron chi connectivity index (χ3n) is 6.39. The van der Waals surface area contributed by atoms with Gasteiger partial charge >= 0.3 is 0 Å². The van der Waals surface area contributed by atoms with Gasteiger partial charge in [0.25, 0.3) is 5.91 Å². The number of hydrogen-bond donors (Lipinski definition) is 2. The molecule has 2 heterocycles. The lowest BCUT2D eigenvalue weighted by atomic mass is 10.1. The Bertz CT molecular complexity index is 1120. The molecule has 32 heavy (non-hydrogen) atoms. The number of ether oxygens (including phenoxy) is 2. The molecule has 0 bridgehead atoms. The van der Waals surface area contributed by atoms with E-state index in [1.54, 1.807) is 7.11 Å². The minimum absolute atomic E-state index is 0.297. The maximum absolute atomic E-state index is 13.3. The van der Waals surface area contributed by atoms with E-state index in [1.807, 2.05) is 47.1 Å². The first kappa shape index (κ1) is 20.9. The van der Waals surface area contributed by atoms with E-state index < -0.39 is 12.1 Å². The second kappa shape index (κ2) is 8.90. The number of aliphatic hydroxyl groups excluding tert-OH is 1. The summed E-state index contributed by atoms with van der Waals surface area (Å²) in [5.41, 5.74) is 3.17. The monoisotopic (exact) mass is 436 g/mol. The second-order valence-corrected chi connectivity index (χ2v) is 8.30. The molecule has 2 unspecified atom stereocenters. The zero-order valence-electron chi connectivity index (χ0n) is 18.2. The van der Waals surface area contributed by atoms with Crippen LogP contribution in [0.4, 0.5) is 0 Å².